The predicted molar refractivity (Wildman–Crippen MR) is 135 cm³/mol. The molecular formula is C29H23ClN2O3. The smallest absolute Gasteiger partial charge is 0.271 e. The third-order valence-corrected chi connectivity index (χ3v) is 6.20. The highest BCUT2D eigenvalue weighted by Gasteiger charge is 2.35. The van der Waals surface area contributed by atoms with Gasteiger partial charge in [0.05, 0.1) is 6.54 Å². The molecule has 0 atom stereocenters. The van der Waals surface area contributed by atoms with Gasteiger partial charge in [-0.25, -0.2) is 0 Å². The quantitative estimate of drug-likeness (QED) is 0.318. The summed E-state index contributed by atoms with van der Waals surface area (Å²) >= 11 is 6.24. The molecule has 1 aliphatic rings. The zero-order valence-electron chi connectivity index (χ0n) is 19.4. The number of ether oxygens (including phenoxy) is 1. The SMILES string of the molecule is CC1=C(C#N)C(=O)N(Cc2ccccc2Cl)C(=O)/C1=C/c1ccc(OCc2ccc(C)cc2)cc1. The minimum atomic E-state index is -0.619. The van der Waals surface area contributed by atoms with Crippen LogP contribution in [0.3, 0.4) is 0 Å². The minimum absolute atomic E-state index is 0.0150. The van der Waals surface area contributed by atoms with Crippen molar-refractivity contribution in [1.82, 2.24) is 4.90 Å². The van der Waals surface area contributed by atoms with Crippen LogP contribution in [0.15, 0.2) is 89.5 Å². The molecule has 0 fully saturated rings. The van der Waals surface area contributed by atoms with Crippen molar-refractivity contribution in [2.45, 2.75) is 27.0 Å². The molecule has 5 nitrogen and oxygen atoms in total. The van der Waals surface area contributed by atoms with Gasteiger partial charge in [-0.1, -0.05) is 71.8 Å². The summed E-state index contributed by atoms with van der Waals surface area (Å²) in [5, 5.41) is 10.1. The Labute approximate surface area is 209 Å². The number of carbonyl (C=O) groups is 2. The van der Waals surface area contributed by atoms with Gasteiger partial charge in [-0.2, -0.15) is 5.26 Å². The van der Waals surface area contributed by atoms with Crippen molar-refractivity contribution in [3.63, 3.8) is 0 Å². The van der Waals surface area contributed by atoms with Gasteiger partial charge in [0.2, 0.25) is 0 Å². The molecule has 1 heterocycles. The third kappa shape index (κ3) is 5.34. The van der Waals surface area contributed by atoms with Crippen molar-refractivity contribution in [3.05, 3.63) is 117 Å². The molecule has 0 aromatic heterocycles. The molecule has 0 aliphatic carbocycles. The highest BCUT2D eigenvalue weighted by molar-refractivity contribution is 6.31. The van der Waals surface area contributed by atoms with Crippen LogP contribution in [-0.2, 0) is 22.7 Å². The van der Waals surface area contributed by atoms with Crippen LogP contribution in [0.25, 0.3) is 6.08 Å². The Morgan fingerprint density at radius 1 is 0.943 bits per heavy atom. The maximum Gasteiger partial charge on any atom is 0.271 e. The number of carbonyl (C=O) groups excluding carboxylic acids is 2. The number of nitriles is 1. The second kappa shape index (κ2) is 10.4. The molecule has 0 saturated carbocycles. The molecule has 0 bridgehead atoms. The number of rotatable bonds is 6. The second-order valence-electron chi connectivity index (χ2n) is 8.30. The third-order valence-electron chi connectivity index (χ3n) is 5.83. The van der Waals surface area contributed by atoms with Crippen molar-refractivity contribution < 1.29 is 14.3 Å². The van der Waals surface area contributed by atoms with Crippen molar-refractivity contribution >= 4 is 29.5 Å². The average Bonchev–Trinajstić information content (AvgIpc) is 2.86. The van der Waals surface area contributed by atoms with Gasteiger partial charge in [0, 0.05) is 10.6 Å². The highest BCUT2D eigenvalue weighted by Crippen LogP contribution is 2.29. The summed E-state index contributed by atoms with van der Waals surface area (Å²) in [5.41, 5.74) is 4.24. The Balaban J connectivity index is 1.57. The lowest BCUT2D eigenvalue weighted by molar-refractivity contribution is -0.141. The first-order chi connectivity index (χ1) is 16.9. The number of nitrogens with zero attached hydrogens (tertiary/aromatic N) is 2. The number of hydrogen-bond acceptors (Lipinski definition) is 4. The van der Waals surface area contributed by atoms with Crippen LogP contribution in [0.1, 0.15) is 29.2 Å². The largest absolute Gasteiger partial charge is 0.489 e. The van der Waals surface area contributed by atoms with E-state index >= 15 is 0 Å². The van der Waals surface area contributed by atoms with Crippen LogP contribution in [0.2, 0.25) is 5.02 Å². The fourth-order valence-corrected chi connectivity index (χ4v) is 3.94. The van der Waals surface area contributed by atoms with Gasteiger partial charge in [-0.3, -0.25) is 14.5 Å². The summed E-state index contributed by atoms with van der Waals surface area (Å²) in [4.78, 5) is 27.3. The number of imide groups is 1. The van der Waals surface area contributed by atoms with Gasteiger partial charge in [0.25, 0.3) is 11.8 Å². The Morgan fingerprint density at radius 2 is 1.63 bits per heavy atom. The van der Waals surface area contributed by atoms with E-state index in [-0.39, 0.29) is 12.1 Å². The molecular weight excluding hydrogens is 460 g/mol. The Hall–Kier alpha value is -4.14. The molecule has 0 spiro atoms. The summed E-state index contributed by atoms with van der Waals surface area (Å²) in [7, 11) is 0. The zero-order chi connectivity index (χ0) is 24.9. The molecule has 4 rings (SSSR count). The van der Waals surface area contributed by atoms with E-state index in [1.165, 1.54) is 5.56 Å². The summed E-state index contributed by atoms with van der Waals surface area (Å²) in [6, 6.07) is 24.4. The number of aryl methyl sites for hydroxylation is 1. The van der Waals surface area contributed by atoms with Gasteiger partial charge in [0.1, 0.15) is 24.0 Å². The van der Waals surface area contributed by atoms with Crippen LogP contribution >= 0.6 is 11.6 Å². The maximum absolute atomic E-state index is 13.3. The first-order valence-electron chi connectivity index (χ1n) is 11.1. The fraction of sp³-hybridized carbons (Fsp3) is 0.138. The summed E-state index contributed by atoms with van der Waals surface area (Å²) < 4.78 is 5.86. The van der Waals surface area contributed by atoms with E-state index in [1.54, 1.807) is 37.3 Å². The fourth-order valence-electron chi connectivity index (χ4n) is 3.75. The van der Waals surface area contributed by atoms with Crippen molar-refractivity contribution in [2.24, 2.45) is 0 Å². The monoisotopic (exact) mass is 482 g/mol. The van der Waals surface area contributed by atoms with Gasteiger partial charge < -0.3 is 4.74 Å². The Kier molecular flexibility index (Phi) is 7.14. The lowest BCUT2D eigenvalue weighted by Crippen LogP contribution is -2.42. The van der Waals surface area contributed by atoms with Crippen molar-refractivity contribution in [2.75, 3.05) is 0 Å². The Morgan fingerprint density at radius 3 is 2.29 bits per heavy atom. The van der Waals surface area contributed by atoms with Crippen LogP contribution in [0.5, 0.6) is 5.75 Å². The molecule has 3 aromatic rings. The Bertz CT molecular complexity index is 1380. The van der Waals surface area contributed by atoms with Gasteiger partial charge >= 0.3 is 0 Å². The topological polar surface area (TPSA) is 70.4 Å². The van der Waals surface area contributed by atoms with E-state index in [0.29, 0.717) is 34.1 Å². The molecule has 6 heteroatoms. The lowest BCUT2D eigenvalue weighted by atomic mass is 9.93. The molecule has 0 radical (unpaired) electrons. The highest BCUT2D eigenvalue weighted by atomic mass is 35.5. The van der Waals surface area contributed by atoms with Gasteiger partial charge in [0.15, 0.2) is 0 Å². The van der Waals surface area contributed by atoms with Gasteiger partial charge in [-0.15, -0.1) is 0 Å². The molecule has 0 unspecified atom stereocenters. The summed E-state index contributed by atoms with van der Waals surface area (Å²) in [6.07, 6.45) is 1.69. The molecule has 35 heavy (non-hydrogen) atoms. The number of halogens is 1. The number of amides is 2. The first-order valence-corrected chi connectivity index (χ1v) is 11.5. The zero-order valence-corrected chi connectivity index (χ0v) is 20.2. The molecule has 0 saturated heterocycles. The summed E-state index contributed by atoms with van der Waals surface area (Å²) in [6.45, 7) is 4.09. The van der Waals surface area contributed by atoms with Crippen LogP contribution in [-0.4, -0.2) is 16.7 Å². The standard InChI is InChI=1S/C29H23ClN2O3/c1-19-7-9-22(10-8-19)18-35-24-13-11-21(12-14-24)15-25-20(2)26(16-31)29(34)32(28(25)33)17-23-5-3-4-6-27(23)30/h3-15H,17-18H2,1-2H3/b25-15+. The van der Waals surface area contributed by atoms with E-state index < -0.39 is 11.8 Å². The molecule has 0 N–H and O–H groups in total. The maximum atomic E-state index is 13.3. The molecule has 174 valence electrons. The second-order valence-corrected chi connectivity index (χ2v) is 8.71. The normalized spacial score (nSPS) is 14.9. The number of benzene rings is 3. The minimum Gasteiger partial charge on any atom is -0.489 e. The van der Waals surface area contributed by atoms with Crippen LogP contribution in [0, 0.1) is 18.3 Å². The van der Waals surface area contributed by atoms with E-state index in [2.05, 4.69) is 0 Å². The average molecular weight is 483 g/mol. The van der Waals surface area contributed by atoms with E-state index in [4.69, 9.17) is 16.3 Å². The molecule has 1 aliphatic heterocycles. The lowest BCUT2D eigenvalue weighted by Gasteiger charge is -2.27. The van der Waals surface area contributed by atoms with E-state index in [0.717, 1.165) is 16.0 Å². The number of hydrogen-bond donors (Lipinski definition) is 0. The first kappa shape index (κ1) is 24.0. The van der Waals surface area contributed by atoms with E-state index in [9.17, 15) is 14.9 Å². The molecule has 2 amide bonds. The summed E-state index contributed by atoms with van der Waals surface area (Å²) in [5.74, 6) is -0.388. The van der Waals surface area contributed by atoms with Crippen molar-refractivity contribution in [3.8, 4) is 11.8 Å². The van der Waals surface area contributed by atoms with E-state index in [1.807, 2.05) is 61.5 Å². The van der Waals surface area contributed by atoms with Gasteiger partial charge in [-0.05, 0) is 60.4 Å². The predicted octanol–water partition coefficient (Wildman–Crippen LogP) is 6.02. The van der Waals surface area contributed by atoms with Crippen molar-refractivity contribution in [1.29, 1.82) is 5.26 Å². The van der Waals surface area contributed by atoms with Crippen LogP contribution in [0.4, 0.5) is 0 Å². The molecule has 3 aromatic carbocycles. The van der Waals surface area contributed by atoms with Crippen LogP contribution < -0.4 is 4.74 Å².